The molecule has 1 fully saturated rings. The average molecular weight is 424 g/mol. The van der Waals surface area contributed by atoms with Crippen LogP contribution >= 0.6 is 11.3 Å². The van der Waals surface area contributed by atoms with E-state index in [0.717, 1.165) is 42.0 Å². The molecule has 5 nitrogen and oxygen atoms in total. The lowest BCUT2D eigenvalue weighted by Gasteiger charge is -2.32. The first kappa shape index (κ1) is 20.2. The van der Waals surface area contributed by atoms with Gasteiger partial charge in [0.2, 0.25) is 0 Å². The highest BCUT2D eigenvalue weighted by Crippen LogP contribution is 2.28. The minimum Gasteiger partial charge on any atom is -0.316 e. The summed E-state index contributed by atoms with van der Waals surface area (Å²) < 4.78 is 41.7. The Morgan fingerprint density at radius 3 is 2.69 bits per heavy atom. The van der Waals surface area contributed by atoms with E-state index in [1.165, 1.54) is 11.3 Å². The summed E-state index contributed by atoms with van der Waals surface area (Å²) in [7, 11) is 0. The van der Waals surface area contributed by atoms with Crippen molar-refractivity contribution >= 4 is 21.6 Å². The molecular weight excluding hydrogens is 401 g/mol. The molecule has 1 saturated heterocycles. The number of piperidine rings is 1. The van der Waals surface area contributed by atoms with Crippen LogP contribution in [-0.2, 0) is 6.67 Å². The van der Waals surface area contributed by atoms with Crippen molar-refractivity contribution in [2.45, 2.75) is 44.4 Å². The molecule has 2 aromatic heterocycles. The number of para-hydroxylation sites is 1. The molecule has 0 radical (unpaired) electrons. The molecule has 29 heavy (non-hydrogen) atoms. The molecule has 0 saturated carbocycles. The second-order valence-electron chi connectivity index (χ2n) is 7.50. The highest BCUT2D eigenvalue weighted by Gasteiger charge is 2.28. The van der Waals surface area contributed by atoms with E-state index >= 15 is 0 Å². The molecule has 3 aromatic rings. The minimum atomic E-state index is -4.08. The molecule has 1 aliphatic rings. The maximum Gasteiger partial charge on any atom is 0.389 e. The van der Waals surface area contributed by atoms with Gasteiger partial charge in [0.15, 0.2) is 0 Å². The lowest BCUT2D eigenvalue weighted by Crippen LogP contribution is -2.35. The van der Waals surface area contributed by atoms with Crippen molar-refractivity contribution < 1.29 is 13.2 Å². The monoisotopic (exact) mass is 424 g/mol. The van der Waals surface area contributed by atoms with E-state index in [1.54, 1.807) is 10.8 Å². The number of hydrogen-bond acceptors (Lipinski definition) is 4. The maximum absolute atomic E-state index is 12.4. The van der Waals surface area contributed by atoms with Crippen LogP contribution in [-0.4, -0.2) is 44.8 Å². The van der Waals surface area contributed by atoms with Crippen molar-refractivity contribution in [1.82, 2.24) is 19.0 Å². The predicted octanol–water partition coefficient (Wildman–Crippen LogP) is 4.29. The predicted molar refractivity (Wildman–Crippen MR) is 107 cm³/mol. The third-order valence-corrected chi connectivity index (χ3v) is 6.46. The molecule has 0 atom stereocenters. The van der Waals surface area contributed by atoms with Gasteiger partial charge in [-0.15, -0.1) is 0 Å². The van der Waals surface area contributed by atoms with Crippen LogP contribution in [0.4, 0.5) is 13.2 Å². The molecule has 4 rings (SSSR count). The normalized spacial score (nSPS) is 16.7. The largest absolute Gasteiger partial charge is 0.389 e. The maximum atomic E-state index is 12.4. The van der Waals surface area contributed by atoms with Gasteiger partial charge in [0.1, 0.15) is 12.5 Å². The summed E-state index contributed by atoms with van der Waals surface area (Å²) in [5.41, 5.74) is 0.918. The molecule has 0 bridgehead atoms. The number of nitrogens with zero attached hydrogens (tertiary/aromatic N) is 4. The van der Waals surface area contributed by atoms with Crippen molar-refractivity contribution in [2.75, 3.05) is 19.6 Å². The Balaban J connectivity index is 1.40. The van der Waals surface area contributed by atoms with Crippen LogP contribution in [0.5, 0.6) is 0 Å². The second kappa shape index (κ2) is 8.31. The van der Waals surface area contributed by atoms with Crippen molar-refractivity contribution in [3.8, 4) is 0 Å². The first-order valence-electron chi connectivity index (χ1n) is 9.79. The molecule has 0 N–H and O–H groups in total. The summed E-state index contributed by atoms with van der Waals surface area (Å²) in [4.78, 5) is 19.1. The zero-order valence-corrected chi connectivity index (χ0v) is 16.8. The average Bonchev–Trinajstić information content (AvgIpc) is 3.26. The fourth-order valence-corrected chi connectivity index (χ4v) is 4.90. The summed E-state index contributed by atoms with van der Waals surface area (Å²) in [5, 5.41) is 0. The SMILES string of the molecule is O=c1sc2ccccc2n1Cn1ccnc1C1CCN(CCCC(F)(F)F)CC1. The molecule has 0 aliphatic carbocycles. The van der Waals surface area contributed by atoms with Gasteiger partial charge in [-0.05, 0) is 51.0 Å². The Bertz CT molecular complexity index is 1010. The molecule has 1 aromatic carbocycles. The lowest BCUT2D eigenvalue weighted by atomic mass is 9.95. The topological polar surface area (TPSA) is 43.1 Å². The number of thiazole rings is 1. The van der Waals surface area contributed by atoms with Crippen molar-refractivity contribution in [2.24, 2.45) is 0 Å². The zero-order valence-electron chi connectivity index (χ0n) is 15.9. The summed E-state index contributed by atoms with van der Waals surface area (Å²) in [5.74, 6) is 1.20. The number of aromatic nitrogens is 3. The number of benzene rings is 1. The smallest absolute Gasteiger partial charge is 0.316 e. The zero-order chi connectivity index (χ0) is 20.4. The molecule has 9 heteroatoms. The fourth-order valence-electron chi connectivity index (χ4n) is 4.02. The van der Waals surface area contributed by atoms with Gasteiger partial charge in [-0.25, -0.2) is 4.98 Å². The van der Waals surface area contributed by atoms with Gasteiger partial charge >= 0.3 is 11.0 Å². The third-order valence-electron chi connectivity index (χ3n) is 5.50. The van der Waals surface area contributed by atoms with Crippen molar-refractivity contribution in [1.29, 1.82) is 0 Å². The summed E-state index contributed by atoms with van der Waals surface area (Å²) >= 11 is 1.24. The molecule has 0 spiro atoms. The quantitative estimate of drug-likeness (QED) is 0.593. The third kappa shape index (κ3) is 4.72. The van der Waals surface area contributed by atoms with Crippen LogP contribution in [0.1, 0.15) is 37.4 Å². The van der Waals surface area contributed by atoms with Crippen LogP contribution in [0.25, 0.3) is 10.2 Å². The summed E-state index contributed by atoms with van der Waals surface area (Å²) in [6, 6.07) is 7.74. The number of halogens is 3. The summed E-state index contributed by atoms with van der Waals surface area (Å²) in [6.45, 7) is 2.45. The minimum absolute atomic E-state index is 0.00494. The van der Waals surface area contributed by atoms with Gasteiger partial charge in [-0.1, -0.05) is 23.5 Å². The number of alkyl halides is 3. The second-order valence-corrected chi connectivity index (χ2v) is 8.49. The summed E-state index contributed by atoms with van der Waals surface area (Å²) in [6.07, 6.45) is 0.726. The van der Waals surface area contributed by atoms with E-state index in [1.807, 2.05) is 35.0 Å². The van der Waals surface area contributed by atoms with Crippen LogP contribution in [0, 0.1) is 0 Å². The van der Waals surface area contributed by atoms with Gasteiger partial charge in [0.05, 0.1) is 10.2 Å². The lowest BCUT2D eigenvalue weighted by molar-refractivity contribution is -0.136. The highest BCUT2D eigenvalue weighted by atomic mass is 32.1. The highest BCUT2D eigenvalue weighted by molar-refractivity contribution is 7.16. The van der Waals surface area contributed by atoms with E-state index in [9.17, 15) is 18.0 Å². The van der Waals surface area contributed by atoms with Crippen LogP contribution in [0.2, 0.25) is 0 Å². The Labute approximate surface area is 170 Å². The van der Waals surface area contributed by atoms with E-state index in [-0.39, 0.29) is 17.2 Å². The van der Waals surface area contributed by atoms with E-state index < -0.39 is 12.6 Å². The first-order valence-corrected chi connectivity index (χ1v) is 10.6. The van der Waals surface area contributed by atoms with Crippen LogP contribution in [0.15, 0.2) is 41.5 Å². The fraction of sp³-hybridized carbons (Fsp3) is 0.500. The Morgan fingerprint density at radius 1 is 1.17 bits per heavy atom. The standard InChI is InChI=1S/C20H23F3N4OS/c21-20(22,23)8-3-10-25-11-6-15(7-12-25)18-24-9-13-26(18)14-27-16-4-1-2-5-17(16)29-19(27)28/h1-2,4-5,9,13,15H,3,6-8,10-12,14H2. The van der Waals surface area contributed by atoms with E-state index in [4.69, 9.17) is 0 Å². The molecule has 0 unspecified atom stereocenters. The van der Waals surface area contributed by atoms with Gasteiger partial charge < -0.3 is 9.47 Å². The molecule has 0 amide bonds. The molecule has 3 heterocycles. The van der Waals surface area contributed by atoms with Crippen molar-refractivity contribution in [3.05, 3.63) is 52.2 Å². The van der Waals surface area contributed by atoms with Crippen LogP contribution in [0.3, 0.4) is 0 Å². The number of likely N-dealkylation sites (tertiary alicyclic amines) is 1. The molecule has 1 aliphatic heterocycles. The number of hydrogen-bond donors (Lipinski definition) is 0. The van der Waals surface area contributed by atoms with Gasteiger partial charge in [0, 0.05) is 24.7 Å². The van der Waals surface area contributed by atoms with Gasteiger partial charge in [-0.3, -0.25) is 9.36 Å². The van der Waals surface area contributed by atoms with E-state index in [0.29, 0.717) is 13.2 Å². The Kier molecular flexibility index (Phi) is 5.78. The number of rotatable bonds is 6. The van der Waals surface area contributed by atoms with Gasteiger partial charge in [-0.2, -0.15) is 13.2 Å². The van der Waals surface area contributed by atoms with Gasteiger partial charge in [0.25, 0.3) is 0 Å². The Hall–Kier alpha value is -2.13. The first-order chi connectivity index (χ1) is 13.9. The van der Waals surface area contributed by atoms with E-state index in [2.05, 4.69) is 9.88 Å². The Morgan fingerprint density at radius 2 is 1.93 bits per heavy atom. The molecule has 156 valence electrons. The van der Waals surface area contributed by atoms with Crippen LogP contribution < -0.4 is 4.87 Å². The number of imidazole rings is 1. The molecular formula is C20H23F3N4OS. The number of fused-ring (bicyclic) bond motifs is 1. The van der Waals surface area contributed by atoms with Crippen molar-refractivity contribution in [3.63, 3.8) is 0 Å².